The van der Waals surface area contributed by atoms with Gasteiger partial charge in [0.25, 0.3) is 0 Å². The Hall–Kier alpha value is -4.88. The molecule has 2 aliphatic heterocycles. The van der Waals surface area contributed by atoms with Crippen LogP contribution in [0.2, 0.25) is 0 Å². The SMILES string of the molecule is CC1C(CN2CCC(n3c(=O)[nH]c4ccccc43)CC2)OC(c2cccc(-c3cccc(CNS(=O)(=O)c4ccccc4)c3)c2)OC1c1ccc(CO)cc1. The molecule has 0 aliphatic carbocycles. The van der Waals surface area contributed by atoms with Crippen molar-refractivity contribution in [1.82, 2.24) is 19.2 Å². The van der Waals surface area contributed by atoms with Crippen molar-refractivity contribution in [3.63, 3.8) is 0 Å². The number of ether oxygens (including phenoxy) is 2. The van der Waals surface area contributed by atoms with Gasteiger partial charge >= 0.3 is 5.69 Å². The van der Waals surface area contributed by atoms with Crippen LogP contribution in [0.25, 0.3) is 22.2 Å². The Kier molecular flexibility index (Phi) is 10.8. The summed E-state index contributed by atoms with van der Waals surface area (Å²) < 4.78 is 44.0. The number of para-hydroxylation sites is 2. The normalized spacial score (nSPS) is 21.2. The molecular formula is C44H46N4O6S. The first-order valence-corrected chi connectivity index (χ1v) is 20.4. The minimum atomic E-state index is -3.65. The summed E-state index contributed by atoms with van der Waals surface area (Å²) in [5.74, 6) is 0.0321. The third kappa shape index (κ3) is 8.09. The molecule has 3 heterocycles. The summed E-state index contributed by atoms with van der Waals surface area (Å²) in [6, 6.07) is 40.3. The molecule has 55 heavy (non-hydrogen) atoms. The van der Waals surface area contributed by atoms with Crippen LogP contribution < -0.4 is 10.4 Å². The number of fused-ring (bicyclic) bond motifs is 1. The van der Waals surface area contributed by atoms with Crippen LogP contribution in [-0.4, -0.2) is 53.7 Å². The summed E-state index contributed by atoms with van der Waals surface area (Å²) in [5, 5.41) is 9.69. The van der Waals surface area contributed by atoms with Gasteiger partial charge in [-0.25, -0.2) is 17.9 Å². The largest absolute Gasteiger partial charge is 0.392 e. The molecular weight excluding hydrogens is 713 g/mol. The van der Waals surface area contributed by atoms with Gasteiger partial charge in [-0.1, -0.05) is 97.9 Å². The first-order chi connectivity index (χ1) is 26.8. The van der Waals surface area contributed by atoms with Crippen molar-refractivity contribution >= 4 is 21.1 Å². The number of imidazole rings is 1. The molecule has 8 rings (SSSR count). The van der Waals surface area contributed by atoms with Crippen LogP contribution in [0.4, 0.5) is 0 Å². The molecule has 11 heteroatoms. The van der Waals surface area contributed by atoms with Crippen LogP contribution >= 0.6 is 0 Å². The summed E-state index contributed by atoms with van der Waals surface area (Å²) in [6.45, 7) is 4.73. The van der Waals surface area contributed by atoms with Gasteiger partial charge in [0.2, 0.25) is 10.0 Å². The molecule has 3 N–H and O–H groups in total. The molecule has 0 amide bonds. The van der Waals surface area contributed by atoms with E-state index in [9.17, 15) is 18.3 Å². The third-order valence-electron chi connectivity index (χ3n) is 11.0. The zero-order chi connectivity index (χ0) is 37.9. The van der Waals surface area contributed by atoms with E-state index in [1.165, 1.54) is 0 Å². The van der Waals surface area contributed by atoms with Crippen molar-refractivity contribution in [2.75, 3.05) is 19.6 Å². The van der Waals surface area contributed by atoms with E-state index in [0.717, 1.165) is 76.9 Å². The van der Waals surface area contributed by atoms with E-state index in [0.29, 0.717) is 0 Å². The van der Waals surface area contributed by atoms with Crippen LogP contribution in [0.5, 0.6) is 0 Å². The van der Waals surface area contributed by atoms with Gasteiger partial charge < -0.3 is 24.5 Å². The molecule has 284 valence electrons. The quantitative estimate of drug-likeness (QED) is 0.129. The van der Waals surface area contributed by atoms with Crippen LogP contribution in [-0.2, 0) is 32.6 Å². The second-order valence-electron chi connectivity index (χ2n) is 14.6. The van der Waals surface area contributed by atoms with Gasteiger partial charge in [0.15, 0.2) is 6.29 Å². The Morgan fingerprint density at radius 1 is 0.782 bits per heavy atom. The molecule has 10 nitrogen and oxygen atoms in total. The summed E-state index contributed by atoms with van der Waals surface area (Å²) in [6.07, 6.45) is 0.710. The van der Waals surface area contributed by atoms with E-state index in [-0.39, 0.29) is 47.9 Å². The summed E-state index contributed by atoms with van der Waals surface area (Å²) >= 11 is 0. The number of aromatic nitrogens is 2. The van der Waals surface area contributed by atoms with Crippen molar-refractivity contribution < 1.29 is 23.0 Å². The minimum absolute atomic E-state index is 0.0246. The Morgan fingerprint density at radius 3 is 2.25 bits per heavy atom. The van der Waals surface area contributed by atoms with Crippen molar-refractivity contribution in [3.8, 4) is 11.1 Å². The number of hydrogen-bond acceptors (Lipinski definition) is 7. The Balaban J connectivity index is 1.00. The molecule has 2 saturated heterocycles. The van der Waals surface area contributed by atoms with Gasteiger partial charge in [-0.15, -0.1) is 0 Å². The number of aliphatic hydroxyl groups excluding tert-OH is 1. The predicted octanol–water partition coefficient (Wildman–Crippen LogP) is 7.10. The Morgan fingerprint density at radius 2 is 1.49 bits per heavy atom. The molecule has 5 aromatic carbocycles. The van der Waals surface area contributed by atoms with Crippen molar-refractivity contribution in [2.24, 2.45) is 5.92 Å². The molecule has 2 fully saturated rings. The highest BCUT2D eigenvalue weighted by Gasteiger charge is 2.40. The van der Waals surface area contributed by atoms with Gasteiger partial charge in [-0.2, -0.15) is 0 Å². The fraction of sp³-hybridized carbons (Fsp3) is 0.295. The number of aliphatic hydroxyl groups is 1. The first-order valence-electron chi connectivity index (χ1n) is 18.9. The molecule has 1 aromatic heterocycles. The highest BCUT2D eigenvalue weighted by molar-refractivity contribution is 7.89. The fourth-order valence-electron chi connectivity index (χ4n) is 7.97. The Bertz CT molecular complexity index is 2410. The smallest absolute Gasteiger partial charge is 0.326 e. The number of likely N-dealkylation sites (tertiary alicyclic amines) is 1. The lowest BCUT2D eigenvalue weighted by atomic mass is 9.89. The monoisotopic (exact) mass is 758 g/mol. The number of hydrogen-bond donors (Lipinski definition) is 3. The number of nitrogens with zero attached hydrogens (tertiary/aromatic N) is 2. The average molecular weight is 759 g/mol. The summed E-state index contributed by atoms with van der Waals surface area (Å²) in [5.41, 5.74) is 7.28. The number of benzene rings is 5. The van der Waals surface area contributed by atoms with Crippen LogP contribution in [0.15, 0.2) is 137 Å². The number of H-pyrrole nitrogens is 1. The van der Waals surface area contributed by atoms with Crippen LogP contribution in [0.3, 0.4) is 0 Å². The molecule has 0 spiro atoms. The lowest BCUT2D eigenvalue weighted by Crippen LogP contribution is -2.47. The topological polar surface area (TPSA) is 126 Å². The number of aromatic amines is 1. The first kappa shape index (κ1) is 37.1. The van der Waals surface area contributed by atoms with E-state index in [4.69, 9.17) is 9.47 Å². The Labute approximate surface area is 321 Å². The zero-order valence-electron chi connectivity index (χ0n) is 30.8. The second-order valence-corrected chi connectivity index (χ2v) is 16.4. The number of piperidine rings is 1. The molecule has 6 aromatic rings. The molecule has 4 atom stereocenters. The second kappa shape index (κ2) is 16.1. The summed E-state index contributed by atoms with van der Waals surface area (Å²) in [7, 11) is -3.65. The van der Waals surface area contributed by atoms with Crippen molar-refractivity contribution in [2.45, 2.75) is 62.4 Å². The van der Waals surface area contributed by atoms with Crippen molar-refractivity contribution in [1.29, 1.82) is 0 Å². The third-order valence-corrected chi connectivity index (χ3v) is 12.5. The molecule has 4 unspecified atom stereocenters. The van der Waals surface area contributed by atoms with Gasteiger partial charge in [0.05, 0.1) is 34.7 Å². The van der Waals surface area contributed by atoms with E-state index < -0.39 is 16.3 Å². The highest BCUT2D eigenvalue weighted by Crippen LogP contribution is 2.43. The number of sulfonamides is 1. The minimum Gasteiger partial charge on any atom is -0.392 e. The van der Waals surface area contributed by atoms with Gasteiger partial charge in [0, 0.05) is 43.7 Å². The molecule has 0 saturated carbocycles. The lowest BCUT2D eigenvalue weighted by molar-refractivity contribution is -0.276. The molecule has 0 radical (unpaired) electrons. The standard InChI is InChI=1S/C44H46N4O6S/c1-30-41(28-47-23-21-37(22-24-47)48-40-16-6-5-15-39(40)46-44(48)50)53-43(54-42(30)33-19-17-31(29-49)18-20-33)36-12-8-11-35(26-36)34-10-7-9-32(25-34)27-45-55(51,52)38-13-3-2-4-14-38/h2-20,25-26,30,37,41-43,45,49H,21-24,27-29H2,1H3,(H,46,50). The average Bonchev–Trinajstić information content (AvgIpc) is 3.57. The zero-order valence-corrected chi connectivity index (χ0v) is 31.6. The van der Waals surface area contributed by atoms with E-state index in [1.54, 1.807) is 30.3 Å². The van der Waals surface area contributed by atoms with Crippen LogP contribution in [0.1, 0.15) is 60.5 Å². The maximum Gasteiger partial charge on any atom is 0.326 e. The van der Waals surface area contributed by atoms with Gasteiger partial charge in [-0.05, 0) is 77.1 Å². The van der Waals surface area contributed by atoms with Gasteiger partial charge in [-0.3, -0.25) is 4.57 Å². The maximum atomic E-state index is 12.9. The lowest BCUT2D eigenvalue weighted by Gasteiger charge is -2.44. The molecule has 0 bridgehead atoms. The number of nitrogens with one attached hydrogen (secondary N) is 2. The van der Waals surface area contributed by atoms with E-state index in [1.807, 2.05) is 95.6 Å². The van der Waals surface area contributed by atoms with E-state index in [2.05, 4.69) is 27.6 Å². The van der Waals surface area contributed by atoms with E-state index >= 15 is 0 Å². The predicted molar refractivity (Wildman–Crippen MR) is 213 cm³/mol. The maximum absolute atomic E-state index is 12.9. The fourth-order valence-corrected chi connectivity index (χ4v) is 9.01. The van der Waals surface area contributed by atoms with Gasteiger partial charge in [0.1, 0.15) is 0 Å². The van der Waals surface area contributed by atoms with Crippen LogP contribution in [0, 0.1) is 5.92 Å². The highest BCUT2D eigenvalue weighted by atomic mass is 32.2. The molecule has 2 aliphatic rings. The number of rotatable bonds is 11. The van der Waals surface area contributed by atoms with Crippen molar-refractivity contribution in [3.05, 3.63) is 160 Å². The summed E-state index contributed by atoms with van der Waals surface area (Å²) in [4.78, 5) is 18.6.